The summed E-state index contributed by atoms with van der Waals surface area (Å²) in [6.07, 6.45) is 1.69. The largest absolute Gasteiger partial charge is 0.272 e. The minimum atomic E-state index is -0.174. The first-order chi connectivity index (χ1) is 10.4. The number of aromatic nitrogens is 2. The van der Waals surface area contributed by atoms with Gasteiger partial charge >= 0.3 is 0 Å². The van der Waals surface area contributed by atoms with Gasteiger partial charge in [0.05, 0.1) is 11.8 Å². The van der Waals surface area contributed by atoms with Gasteiger partial charge in [-0.2, -0.15) is 5.10 Å². The second-order valence-corrected chi connectivity index (χ2v) is 4.22. The lowest BCUT2D eigenvalue weighted by molar-refractivity contribution is 0.994. The molecule has 0 atom stereocenters. The SMILES string of the molecule is CC.O=c1[nH]ncc(-c2ccccc2)c1-c1ccccc1. The molecule has 0 aliphatic rings. The minimum Gasteiger partial charge on any atom is -0.267 e. The van der Waals surface area contributed by atoms with Crippen LogP contribution in [0, 0.1) is 0 Å². The van der Waals surface area contributed by atoms with Crippen LogP contribution >= 0.6 is 0 Å². The number of hydrogen-bond donors (Lipinski definition) is 1. The maximum atomic E-state index is 12.1. The highest BCUT2D eigenvalue weighted by Crippen LogP contribution is 2.27. The summed E-state index contributed by atoms with van der Waals surface area (Å²) in [6, 6.07) is 19.4. The summed E-state index contributed by atoms with van der Waals surface area (Å²) in [5.41, 5.74) is 3.20. The molecule has 1 aromatic heterocycles. The van der Waals surface area contributed by atoms with Gasteiger partial charge in [-0.25, -0.2) is 5.10 Å². The lowest BCUT2D eigenvalue weighted by Crippen LogP contribution is -2.11. The molecule has 0 radical (unpaired) electrons. The number of nitrogens with one attached hydrogen (secondary N) is 1. The highest BCUT2D eigenvalue weighted by Gasteiger charge is 2.11. The highest BCUT2D eigenvalue weighted by molar-refractivity contribution is 5.81. The van der Waals surface area contributed by atoms with Crippen molar-refractivity contribution < 1.29 is 0 Å². The third kappa shape index (κ3) is 3.26. The second kappa shape index (κ2) is 7.20. The number of rotatable bonds is 2. The van der Waals surface area contributed by atoms with Crippen LogP contribution in [0.25, 0.3) is 22.3 Å². The molecule has 106 valence electrons. The first kappa shape index (κ1) is 14.7. The van der Waals surface area contributed by atoms with E-state index < -0.39 is 0 Å². The molecule has 0 unspecified atom stereocenters. The Morgan fingerprint density at radius 1 is 0.810 bits per heavy atom. The van der Waals surface area contributed by atoms with Gasteiger partial charge in [0.1, 0.15) is 0 Å². The summed E-state index contributed by atoms with van der Waals surface area (Å²) in [4.78, 5) is 12.1. The molecule has 0 spiro atoms. The van der Waals surface area contributed by atoms with E-state index in [1.165, 1.54) is 0 Å². The molecule has 21 heavy (non-hydrogen) atoms. The molecule has 3 heteroatoms. The van der Waals surface area contributed by atoms with Crippen LogP contribution in [0.3, 0.4) is 0 Å². The summed E-state index contributed by atoms with van der Waals surface area (Å²) < 4.78 is 0. The van der Waals surface area contributed by atoms with E-state index >= 15 is 0 Å². The van der Waals surface area contributed by atoms with Crippen molar-refractivity contribution in [2.45, 2.75) is 13.8 Å². The van der Waals surface area contributed by atoms with Crippen molar-refractivity contribution in [2.75, 3.05) is 0 Å². The number of aromatic amines is 1. The van der Waals surface area contributed by atoms with Gasteiger partial charge in [0.15, 0.2) is 0 Å². The molecule has 3 nitrogen and oxygen atoms in total. The van der Waals surface area contributed by atoms with E-state index in [1.54, 1.807) is 6.20 Å². The Balaban J connectivity index is 0.000000774. The van der Waals surface area contributed by atoms with E-state index in [9.17, 15) is 4.79 Å². The molecule has 0 amide bonds. The Kier molecular flexibility index (Phi) is 5.04. The Morgan fingerprint density at radius 2 is 1.33 bits per heavy atom. The summed E-state index contributed by atoms with van der Waals surface area (Å²) in [5, 5.41) is 6.41. The Hall–Kier alpha value is -2.68. The molecule has 0 aliphatic carbocycles. The fourth-order valence-corrected chi connectivity index (χ4v) is 2.13. The highest BCUT2D eigenvalue weighted by atomic mass is 16.1. The van der Waals surface area contributed by atoms with Crippen LogP contribution < -0.4 is 5.56 Å². The Morgan fingerprint density at radius 3 is 1.90 bits per heavy atom. The van der Waals surface area contributed by atoms with Crippen LogP contribution in [0.4, 0.5) is 0 Å². The van der Waals surface area contributed by atoms with Crippen LogP contribution in [0.2, 0.25) is 0 Å². The zero-order valence-corrected chi connectivity index (χ0v) is 12.2. The van der Waals surface area contributed by atoms with E-state index in [-0.39, 0.29) is 5.56 Å². The summed E-state index contributed by atoms with van der Waals surface area (Å²) in [5.74, 6) is 0. The first-order valence-electron chi connectivity index (χ1n) is 7.05. The normalized spacial score (nSPS) is 9.62. The quantitative estimate of drug-likeness (QED) is 0.766. The van der Waals surface area contributed by atoms with Crippen LogP contribution in [0.15, 0.2) is 71.7 Å². The summed E-state index contributed by atoms with van der Waals surface area (Å²) in [7, 11) is 0. The monoisotopic (exact) mass is 278 g/mol. The van der Waals surface area contributed by atoms with Gasteiger partial charge in [-0.1, -0.05) is 74.5 Å². The molecular weight excluding hydrogens is 260 g/mol. The number of hydrogen-bond acceptors (Lipinski definition) is 2. The summed E-state index contributed by atoms with van der Waals surface area (Å²) in [6.45, 7) is 4.00. The van der Waals surface area contributed by atoms with Crippen LogP contribution in [0.1, 0.15) is 13.8 Å². The van der Waals surface area contributed by atoms with Crippen molar-refractivity contribution >= 4 is 0 Å². The zero-order valence-electron chi connectivity index (χ0n) is 12.2. The van der Waals surface area contributed by atoms with Gasteiger partial charge in [-0.15, -0.1) is 0 Å². The smallest absolute Gasteiger partial charge is 0.267 e. The number of benzene rings is 2. The van der Waals surface area contributed by atoms with Crippen LogP contribution in [-0.2, 0) is 0 Å². The predicted molar refractivity (Wildman–Crippen MR) is 87.1 cm³/mol. The average Bonchev–Trinajstić information content (AvgIpc) is 2.58. The standard InChI is InChI=1S/C16H12N2O.C2H6/c19-16-15(13-9-5-2-6-10-13)14(11-17-18-16)12-7-3-1-4-8-12;1-2/h1-11H,(H,18,19);1-2H3. The van der Waals surface area contributed by atoms with Crippen molar-refractivity contribution in [1.82, 2.24) is 10.2 Å². The molecule has 1 heterocycles. The van der Waals surface area contributed by atoms with Gasteiger partial charge in [0.25, 0.3) is 5.56 Å². The maximum absolute atomic E-state index is 12.1. The molecule has 0 saturated heterocycles. The van der Waals surface area contributed by atoms with Crippen molar-refractivity contribution in [3.05, 3.63) is 77.2 Å². The molecule has 3 rings (SSSR count). The third-order valence-corrected chi connectivity index (χ3v) is 3.00. The fraction of sp³-hybridized carbons (Fsp3) is 0.111. The number of nitrogens with zero attached hydrogens (tertiary/aromatic N) is 1. The topological polar surface area (TPSA) is 45.8 Å². The van der Waals surface area contributed by atoms with Crippen molar-refractivity contribution in [2.24, 2.45) is 0 Å². The zero-order chi connectivity index (χ0) is 15.1. The van der Waals surface area contributed by atoms with Crippen LogP contribution in [0.5, 0.6) is 0 Å². The molecule has 0 bridgehead atoms. The van der Waals surface area contributed by atoms with E-state index in [0.717, 1.165) is 16.7 Å². The molecule has 0 saturated carbocycles. The van der Waals surface area contributed by atoms with E-state index in [4.69, 9.17) is 0 Å². The Bertz CT molecular complexity index is 734. The molecule has 0 fully saturated rings. The fourth-order valence-electron chi connectivity index (χ4n) is 2.13. The minimum absolute atomic E-state index is 0.174. The second-order valence-electron chi connectivity index (χ2n) is 4.22. The average molecular weight is 278 g/mol. The van der Waals surface area contributed by atoms with Gasteiger partial charge in [0, 0.05) is 5.56 Å². The lowest BCUT2D eigenvalue weighted by atomic mass is 9.98. The van der Waals surface area contributed by atoms with Crippen LogP contribution in [-0.4, -0.2) is 10.2 Å². The molecule has 1 N–H and O–H groups in total. The number of H-pyrrole nitrogens is 1. The van der Waals surface area contributed by atoms with Gasteiger partial charge < -0.3 is 0 Å². The predicted octanol–water partition coefficient (Wildman–Crippen LogP) is 4.13. The van der Waals surface area contributed by atoms with Gasteiger partial charge in [-0.05, 0) is 11.1 Å². The lowest BCUT2D eigenvalue weighted by Gasteiger charge is -2.07. The molecule has 2 aromatic carbocycles. The van der Waals surface area contributed by atoms with Gasteiger partial charge in [0.2, 0.25) is 0 Å². The first-order valence-corrected chi connectivity index (χ1v) is 7.05. The van der Waals surface area contributed by atoms with E-state index in [1.807, 2.05) is 74.5 Å². The molecular formula is C18H18N2O. The molecule has 0 aliphatic heterocycles. The Labute approximate surface area is 124 Å². The van der Waals surface area contributed by atoms with Crippen molar-refractivity contribution in [3.63, 3.8) is 0 Å². The summed E-state index contributed by atoms with van der Waals surface area (Å²) >= 11 is 0. The van der Waals surface area contributed by atoms with E-state index in [2.05, 4.69) is 10.2 Å². The maximum Gasteiger partial charge on any atom is 0.272 e. The van der Waals surface area contributed by atoms with E-state index in [0.29, 0.717) is 5.56 Å². The third-order valence-electron chi connectivity index (χ3n) is 3.00. The molecule has 3 aromatic rings. The van der Waals surface area contributed by atoms with Gasteiger partial charge in [-0.3, -0.25) is 4.79 Å². The van der Waals surface area contributed by atoms with Crippen molar-refractivity contribution in [3.8, 4) is 22.3 Å². The van der Waals surface area contributed by atoms with Crippen molar-refractivity contribution in [1.29, 1.82) is 0 Å².